The maximum atomic E-state index is 9.91. The van der Waals surface area contributed by atoms with Gasteiger partial charge in [0.1, 0.15) is 5.75 Å². The van der Waals surface area contributed by atoms with E-state index in [9.17, 15) is 5.11 Å². The van der Waals surface area contributed by atoms with Gasteiger partial charge < -0.3 is 15.3 Å². The van der Waals surface area contributed by atoms with Crippen LogP contribution in [0.1, 0.15) is 24.5 Å². The number of nitrogens with zero attached hydrogens (tertiary/aromatic N) is 1. The fourth-order valence-electron chi connectivity index (χ4n) is 2.51. The highest BCUT2D eigenvalue weighted by atomic mass is 16.3. The Morgan fingerprint density at radius 3 is 2.65 bits per heavy atom. The summed E-state index contributed by atoms with van der Waals surface area (Å²) in [6.45, 7) is 7.21. The fourth-order valence-corrected chi connectivity index (χ4v) is 2.51. The fraction of sp³-hybridized carbons (Fsp3) is 0.571. The minimum Gasteiger partial charge on any atom is -0.507 e. The van der Waals surface area contributed by atoms with Gasteiger partial charge in [-0.25, -0.2) is 0 Å². The molecule has 1 heterocycles. The van der Waals surface area contributed by atoms with Crippen LogP contribution in [0.25, 0.3) is 0 Å². The van der Waals surface area contributed by atoms with Crippen molar-refractivity contribution in [2.45, 2.75) is 39.3 Å². The molecule has 3 heteroatoms. The molecule has 0 amide bonds. The van der Waals surface area contributed by atoms with Gasteiger partial charge in [-0.3, -0.25) is 0 Å². The molecule has 94 valence electrons. The van der Waals surface area contributed by atoms with Crippen LogP contribution in [-0.4, -0.2) is 35.7 Å². The molecule has 1 aromatic rings. The molecule has 2 rings (SSSR count). The van der Waals surface area contributed by atoms with Crippen LogP contribution >= 0.6 is 0 Å². The molecule has 1 fully saturated rings. The van der Waals surface area contributed by atoms with E-state index in [0.29, 0.717) is 17.8 Å². The van der Waals surface area contributed by atoms with Crippen molar-refractivity contribution in [1.29, 1.82) is 0 Å². The van der Waals surface area contributed by atoms with Crippen molar-refractivity contribution in [3.63, 3.8) is 0 Å². The van der Waals surface area contributed by atoms with Crippen LogP contribution in [0.4, 0.5) is 5.69 Å². The predicted octanol–water partition coefficient (Wildman–Crippen LogP) is 2.51. The Morgan fingerprint density at radius 2 is 2.06 bits per heavy atom. The third-order valence-electron chi connectivity index (χ3n) is 3.88. The van der Waals surface area contributed by atoms with Crippen molar-refractivity contribution in [2.24, 2.45) is 0 Å². The first kappa shape index (κ1) is 12.2. The van der Waals surface area contributed by atoms with Gasteiger partial charge in [0.25, 0.3) is 0 Å². The smallest absolute Gasteiger partial charge is 0.123 e. The summed E-state index contributed by atoms with van der Waals surface area (Å²) >= 11 is 0. The van der Waals surface area contributed by atoms with E-state index in [1.165, 1.54) is 0 Å². The molecule has 0 bridgehead atoms. The van der Waals surface area contributed by atoms with Crippen LogP contribution in [0.5, 0.6) is 5.75 Å². The van der Waals surface area contributed by atoms with Crippen molar-refractivity contribution in [2.75, 3.05) is 18.9 Å². The minimum absolute atomic E-state index is 0.411. The normalized spacial score (nSPS) is 25.2. The number of phenolic OH excluding ortho intramolecular Hbond substituents is 1. The molecule has 0 aliphatic carbocycles. The Hall–Kier alpha value is -1.22. The van der Waals surface area contributed by atoms with E-state index >= 15 is 0 Å². The molecule has 0 aromatic heterocycles. The van der Waals surface area contributed by atoms with Gasteiger partial charge in [-0.15, -0.1) is 0 Å². The zero-order valence-corrected chi connectivity index (χ0v) is 11.1. The van der Waals surface area contributed by atoms with Gasteiger partial charge in [-0.1, -0.05) is 6.07 Å². The minimum atomic E-state index is 0.411. The highest BCUT2D eigenvalue weighted by molar-refractivity contribution is 5.59. The van der Waals surface area contributed by atoms with E-state index in [1.54, 1.807) is 0 Å². The van der Waals surface area contributed by atoms with Crippen molar-refractivity contribution < 1.29 is 5.11 Å². The number of benzene rings is 1. The molecule has 1 aliphatic rings. The average Bonchev–Trinajstić information content (AvgIpc) is 2.59. The Kier molecular flexibility index (Phi) is 3.29. The van der Waals surface area contributed by atoms with Crippen molar-refractivity contribution in [3.05, 3.63) is 23.3 Å². The summed E-state index contributed by atoms with van der Waals surface area (Å²) in [6, 6.07) is 5.14. The summed E-state index contributed by atoms with van der Waals surface area (Å²) in [5.74, 6) is 0.411. The standard InChI is InChI=1S/C14H22N2O/c1-9-5-6-13(11(3)14(9)17)15-12-7-10(2)16(4)8-12/h5-6,10,12,15,17H,7-8H2,1-4H3. The second-order valence-electron chi connectivity index (χ2n) is 5.27. The van der Waals surface area contributed by atoms with Gasteiger partial charge in [0.2, 0.25) is 0 Å². The molecule has 2 atom stereocenters. The molecular formula is C14H22N2O. The maximum absolute atomic E-state index is 9.91. The van der Waals surface area contributed by atoms with Gasteiger partial charge >= 0.3 is 0 Å². The van der Waals surface area contributed by atoms with Crippen LogP contribution in [0.2, 0.25) is 0 Å². The Morgan fingerprint density at radius 1 is 1.35 bits per heavy atom. The number of hydrogen-bond acceptors (Lipinski definition) is 3. The first-order valence-corrected chi connectivity index (χ1v) is 6.25. The Labute approximate surface area is 103 Å². The Bertz CT molecular complexity index is 407. The van der Waals surface area contributed by atoms with Gasteiger partial charge in [0, 0.05) is 29.9 Å². The number of anilines is 1. The molecule has 1 aromatic carbocycles. The molecular weight excluding hydrogens is 212 g/mol. The first-order chi connectivity index (χ1) is 7.99. The van der Waals surface area contributed by atoms with Gasteiger partial charge in [0.05, 0.1) is 0 Å². The second kappa shape index (κ2) is 4.57. The number of hydrogen-bond donors (Lipinski definition) is 2. The lowest BCUT2D eigenvalue weighted by Gasteiger charge is -2.17. The molecule has 17 heavy (non-hydrogen) atoms. The number of aryl methyl sites for hydroxylation is 1. The van der Waals surface area contributed by atoms with E-state index in [2.05, 4.69) is 30.3 Å². The van der Waals surface area contributed by atoms with Gasteiger partial charge in [-0.2, -0.15) is 0 Å². The third kappa shape index (κ3) is 2.39. The molecule has 0 saturated carbocycles. The summed E-state index contributed by atoms with van der Waals surface area (Å²) in [5, 5.41) is 13.5. The lowest BCUT2D eigenvalue weighted by Crippen LogP contribution is -2.25. The summed E-state index contributed by atoms with van der Waals surface area (Å²) in [7, 11) is 2.16. The van der Waals surface area contributed by atoms with Crippen LogP contribution in [0.3, 0.4) is 0 Å². The van der Waals surface area contributed by atoms with Crippen LogP contribution in [-0.2, 0) is 0 Å². The quantitative estimate of drug-likeness (QED) is 0.825. The first-order valence-electron chi connectivity index (χ1n) is 6.25. The van der Waals surface area contributed by atoms with Crippen LogP contribution in [0, 0.1) is 13.8 Å². The molecule has 0 radical (unpaired) electrons. The number of aromatic hydroxyl groups is 1. The van der Waals surface area contributed by atoms with E-state index in [0.717, 1.165) is 29.8 Å². The van der Waals surface area contributed by atoms with E-state index in [1.807, 2.05) is 19.9 Å². The number of likely N-dealkylation sites (N-methyl/N-ethyl adjacent to an activating group) is 1. The second-order valence-corrected chi connectivity index (χ2v) is 5.27. The molecule has 0 spiro atoms. The summed E-state index contributed by atoms with van der Waals surface area (Å²) in [5.41, 5.74) is 2.94. The van der Waals surface area contributed by atoms with E-state index < -0.39 is 0 Å². The van der Waals surface area contributed by atoms with E-state index in [4.69, 9.17) is 0 Å². The van der Waals surface area contributed by atoms with Crippen molar-refractivity contribution >= 4 is 5.69 Å². The summed E-state index contributed by atoms with van der Waals surface area (Å²) < 4.78 is 0. The molecule has 1 aliphatic heterocycles. The van der Waals surface area contributed by atoms with Crippen LogP contribution < -0.4 is 5.32 Å². The molecule has 2 unspecified atom stereocenters. The Balaban J connectivity index is 2.12. The van der Waals surface area contributed by atoms with Crippen molar-refractivity contribution in [1.82, 2.24) is 4.90 Å². The van der Waals surface area contributed by atoms with Gasteiger partial charge in [0.15, 0.2) is 0 Å². The topological polar surface area (TPSA) is 35.5 Å². The highest BCUT2D eigenvalue weighted by Gasteiger charge is 2.26. The van der Waals surface area contributed by atoms with E-state index in [-0.39, 0.29) is 0 Å². The molecule has 2 N–H and O–H groups in total. The maximum Gasteiger partial charge on any atom is 0.123 e. The lowest BCUT2D eigenvalue weighted by molar-refractivity contribution is 0.330. The van der Waals surface area contributed by atoms with Gasteiger partial charge in [-0.05, 0) is 45.9 Å². The number of rotatable bonds is 2. The third-order valence-corrected chi connectivity index (χ3v) is 3.88. The summed E-state index contributed by atoms with van der Waals surface area (Å²) in [6.07, 6.45) is 1.16. The zero-order valence-electron chi connectivity index (χ0n) is 11.1. The molecule has 3 nitrogen and oxygen atoms in total. The number of nitrogens with one attached hydrogen (secondary N) is 1. The zero-order chi connectivity index (χ0) is 12.6. The predicted molar refractivity (Wildman–Crippen MR) is 71.7 cm³/mol. The SMILES string of the molecule is Cc1ccc(NC2CC(C)N(C)C2)c(C)c1O. The summed E-state index contributed by atoms with van der Waals surface area (Å²) in [4.78, 5) is 2.36. The number of phenols is 1. The number of likely N-dealkylation sites (tertiary alicyclic amines) is 1. The largest absolute Gasteiger partial charge is 0.507 e. The average molecular weight is 234 g/mol. The highest BCUT2D eigenvalue weighted by Crippen LogP contribution is 2.29. The lowest BCUT2D eigenvalue weighted by atomic mass is 10.1. The van der Waals surface area contributed by atoms with Crippen molar-refractivity contribution in [3.8, 4) is 5.75 Å². The monoisotopic (exact) mass is 234 g/mol. The molecule has 1 saturated heterocycles. The van der Waals surface area contributed by atoms with Crippen LogP contribution in [0.15, 0.2) is 12.1 Å².